The first-order chi connectivity index (χ1) is 5.29. The third-order valence-electron chi connectivity index (χ3n) is 2.97. The largest absolute Gasteiger partial charge is 0.379 e. The number of likely N-dealkylation sites (tertiary alicyclic amines) is 1. The van der Waals surface area contributed by atoms with Gasteiger partial charge < -0.3 is 10.4 Å². The topological polar surface area (TPSA) is 35.5 Å². The summed E-state index contributed by atoms with van der Waals surface area (Å²) >= 11 is 0. The molecule has 2 saturated heterocycles. The SMILES string of the molecule is CC(O)N1CCC2CNCC21. The van der Waals surface area contributed by atoms with Gasteiger partial charge in [-0.1, -0.05) is 0 Å². The van der Waals surface area contributed by atoms with Crippen molar-refractivity contribution in [2.45, 2.75) is 25.6 Å². The lowest BCUT2D eigenvalue weighted by Gasteiger charge is -2.25. The molecule has 3 heteroatoms. The second kappa shape index (κ2) is 2.73. The molecule has 0 radical (unpaired) electrons. The second-order valence-corrected chi connectivity index (χ2v) is 3.64. The molecule has 0 bridgehead atoms. The molecule has 2 rings (SSSR count). The normalized spacial score (nSPS) is 40.9. The van der Waals surface area contributed by atoms with Crippen LogP contribution in [0.15, 0.2) is 0 Å². The second-order valence-electron chi connectivity index (χ2n) is 3.64. The first-order valence-electron chi connectivity index (χ1n) is 4.43. The van der Waals surface area contributed by atoms with E-state index < -0.39 is 0 Å². The van der Waals surface area contributed by atoms with Crippen molar-refractivity contribution in [2.75, 3.05) is 19.6 Å². The van der Waals surface area contributed by atoms with Gasteiger partial charge in [-0.05, 0) is 25.8 Å². The van der Waals surface area contributed by atoms with Crippen LogP contribution >= 0.6 is 0 Å². The van der Waals surface area contributed by atoms with Gasteiger partial charge >= 0.3 is 0 Å². The van der Waals surface area contributed by atoms with Crippen LogP contribution in [0.3, 0.4) is 0 Å². The van der Waals surface area contributed by atoms with Crippen molar-refractivity contribution >= 4 is 0 Å². The van der Waals surface area contributed by atoms with E-state index in [-0.39, 0.29) is 6.23 Å². The minimum atomic E-state index is -0.259. The summed E-state index contributed by atoms with van der Waals surface area (Å²) in [5, 5.41) is 12.8. The van der Waals surface area contributed by atoms with E-state index >= 15 is 0 Å². The Balaban J connectivity index is 2.03. The Morgan fingerprint density at radius 3 is 3.09 bits per heavy atom. The Kier molecular flexibility index (Phi) is 1.87. The molecule has 0 aliphatic carbocycles. The maximum absolute atomic E-state index is 9.40. The Labute approximate surface area is 67.4 Å². The van der Waals surface area contributed by atoms with Gasteiger partial charge in [0.2, 0.25) is 0 Å². The van der Waals surface area contributed by atoms with Crippen LogP contribution in [0.1, 0.15) is 13.3 Å². The summed E-state index contributed by atoms with van der Waals surface area (Å²) in [6, 6.07) is 0.606. The third kappa shape index (κ3) is 1.17. The zero-order valence-electron chi connectivity index (χ0n) is 6.95. The van der Waals surface area contributed by atoms with Gasteiger partial charge in [-0.2, -0.15) is 0 Å². The van der Waals surface area contributed by atoms with E-state index in [4.69, 9.17) is 0 Å². The molecule has 2 aliphatic heterocycles. The van der Waals surface area contributed by atoms with Gasteiger partial charge in [0.1, 0.15) is 6.23 Å². The van der Waals surface area contributed by atoms with Crippen LogP contribution in [0.2, 0.25) is 0 Å². The Morgan fingerprint density at radius 2 is 2.36 bits per heavy atom. The van der Waals surface area contributed by atoms with Crippen LogP contribution in [-0.4, -0.2) is 41.9 Å². The maximum atomic E-state index is 9.40. The zero-order chi connectivity index (χ0) is 7.84. The van der Waals surface area contributed by atoms with Crippen molar-refractivity contribution in [1.29, 1.82) is 0 Å². The lowest BCUT2D eigenvalue weighted by Crippen LogP contribution is -2.40. The molecule has 2 fully saturated rings. The highest BCUT2D eigenvalue weighted by Crippen LogP contribution is 2.27. The summed E-state index contributed by atoms with van der Waals surface area (Å²) in [5.74, 6) is 0.796. The van der Waals surface area contributed by atoms with E-state index in [0.29, 0.717) is 6.04 Å². The highest BCUT2D eigenvalue weighted by Gasteiger charge is 2.38. The summed E-state index contributed by atoms with van der Waals surface area (Å²) in [6.07, 6.45) is 0.993. The third-order valence-corrected chi connectivity index (χ3v) is 2.97. The minimum absolute atomic E-state index is 0.259. The van der Waals surface area contributed by atoms with Crippen molar-refractivity contribution in [3.8, 4) is 0 Å². The van der Waals surface area contributed by atoms with Crippen molar-refractivity contribution in [2.24, 2.45) is 5.92 Å². The number of nitrogens with zero attached hydrogens (tertiary/aromatic N) is 1. The molecule has 2 aliphatic rings. The number of hydrogen-bond acceptors (Lipinski definition) is 3. The molecule has 2 N–H and O–H groups in total. The molecule has 0 spiro atoms. The highest BCUT2D eigenvalue weighted by atomic mass is 16.3. The molecular weight excluding hydrogens is 140 g/mol. The number of fused-ring (bicyclic) bond motifs is 1. The molecule has 2 heterocycles. The first-order valence-corrected chi connectivity index (χ1v) is 4.43. The van der Waals surface area contributed by atoms with E-state index in [1.807, 2.05) is 6.92 Å². The average Bonchev–Trinajstić information content (AvgIpc) is 2.41. The molecule has 0 amide bonds. The van der Waals surface area contributed by atoms with Crippen molar-refractivity contribution in [3.63, 3.8) is 0 Å². The standard InChI is InChI=1S/C8H16N2O/c1-6(11)10-3-2-7-4-9-5-8(7)10/h6-9,11H,2-5H2,1H3. The van der Waals surface area contributed by atoms with Gasteiger partial charge in [-0.25, -0.2) is 0 Å². The monoisotopic (exact) mass is 156 g/mol. The number of aliphatic hydroxyl groups excluding tert-OH is 1. The lowest BCUT2D eigenvalue weighted by molar-refractivity contribution is 0.0104. The van der Waals surface area contributed by atoms with Crippen LogP contribution in [0.25, 0.3) is 0 Å². The van der Waals surface area contributed by atoms with E-state index in [9.17, 15) is 5.11 Å². The van der Waals surface area contributed by atoms with Crippen LogP contribution in [0, 0.1) is 5.92 Å². The van der Waals surface area contributed by atoms with Gasteiger partial charge in [0.25, 0.3) is 0 Å². The Hall–Kier alpha value is -0.120. The predicted molar refractivity (Wildman–Crippen MR) is 43.2 cm³/mol. The van der Waals surface area contributed by atoms with Gasteiger partial charge in [0, 0.05) is 19.1 Å². The molecule has 3 unspecified atom stereocenters. The van der Waals surface area contributed by atoms with Crippen LogP contribution in [0.4, 0.5) is 0 Å². The van der Waals surface area contributed by atoms with E-state index in [1.165, 1.54) is 6.42 Å². The van der Waals surface area contributed by atoms with E-state index in [2.05, 4.69) is 10.2 Å². The minimum Gasteiger partial charge on any atom is -0.379 e. The van der Waals surface area contributed by atoms with Crippen LogP contribution in [-0.2, 0) is 0 Å². The van der Waals surface area contributed by atoms with Gasteiger partial charge in [0.15, 0.2) is 0 Å². The summed E-state index contributed by atoms with van der Waals surface area (Å²) in [7, 11) is 0. The summed E-state index contributed by atoms with van der Waals surface area (Å²) in [4.78, 5) is 2.20. The van der Waals surface area contributed by atoms with Crippen LogP contribution < -0.4 is 5.32 Å². The lowest BCUT2D eigenvalue weighted by atomic mass is 10.1. The molecule has 0 aromatic rings. The van der Waals surface area contributed by atoms with Gasteiger partial charge in [-0.3, -0.25) is 4.90 Å². The summed E-state index contributed by atoms with van der Waals surface area (Å²) in [6.45, 7) is 5.15. The molecule has 3 nitrogen and oxygen atoms in total. The number of nitrogens with one attached hydrogen (secondary N) is 1. The fraction of sp³-hybridized carbons (Fsp3) is 1.00. The smallest absolute Gasteiger partial charge is 0.104 e. The Bertz CT molecular complexity index is 149. The fourth-order valence-corrected chi connectivity index (χ4v) is 2.35. The van der Waals surface area contributed by atoms with Gasteiger partial charge in [0.05, 0.1) is 0 Å². The van der Waals surface area contributed by atoms with Crippen molar-refractivity contribution in [3.05, 3.63) is 0 Å². The molecular formula is C8H16N2O. The molecule has 0 aromatic carbocycles. The number of hydrogen-bond donors (Lipinski definition) is 2. The molecule has 11 heavy (non-hydrogen) atoms. The summed E-state index contributed by atoms with van der Waals surface area (Å²) < 4.78 is 0. The molecule has 0 aromatic heterocycles. The first kappa shape index (κ1) is 7.53. The Morgan fingerprint density at radius 1 is 1.55 bits per heavy atom. The zero-order valence-corrected chi connectivity index (χ0v) is 6.95. The molecule has 64 valence electrons. The number of aliphatic hydroxyl groups is 1. The predicted octanol–water partition coefficient (Wildman–Crippen LogP) is -0.382. The molecule has 0 saturated carbocycles. The number of rotatable bonds is 1. The van der Waals surface area contributed by atoms with Crippen LogP contribution in [0.5, 0.6) is 0 Å². The fourth-order valence-electron chi connectivity index (χ4n) is 2.35. The van der Waals surface area contributed by atoms with E-state index in [0.717, 1.165) is 25.6 Å². The maximum Gasteiger partial charge on any atom is 0.104 e. The van der Waals surface area contributed by atoms with Gasteiger partial charge in [-0.15, -0.1) is 0 Å². The highest BCUT2D eigenvalue weighted by molar-refractivity contribution is 4.94. The average molecular weight is 156 g/mol. The summed E-state index contributed by atoms with van der Waals surface area (Å²) in [5.41, 5.74) is 0. The van der Waals surface area contributed by atoms with E-state index in [1.54, 1.807) is 0 Å². The van der Waals surface area contributed by atoms with Crippen molar-refractivity contribution < 1.29 is 5.11 Å². The van der Waals surface area contributed by atoms with Crippen molar-refractivity contribution in [1.82, 2.24) is 10.2 Å². The quantitative estimate of drug-likeness (QED) is 0.543. The molecule has 3 atom stereocenters.